The number of nitrogens with one attached hydrogen (secondary N) is 2. The van der Waals surface area contributed by atoms with E-state index in [-0.39, 0.29) is 18.2 Å². The minimum Gasteiger partial charge on any atom is -0.354 e. The van der Waals surface area contributed by atoms with Crippen LogP contribution in [0.1, 0.15) is 39.0 Å². The molecule has 5 nitrogen and oxygen atoms in total. The molecule has 2 heterocycles. The third-order valence-corrected chi connectivity index (χ3v) is 4.31. The predicted molar refractivity (Wildman–Crippen MR) is 72.7 cm³/mol. The second kappa shape index (κ2) is 6.68. The number of hydrogen-bond acceptors (Lipinski definition) is 4. The highest BCUT2D eigenvalue weighted by Gasteiger charge is 2.34. The van der Waals surface area contributed by atoms with Crippen LogP contribution in [0.5, 0.6) is 0 Å². The molecule has 3 atom stereocenters. The molecule has 0 spiro atoms. The Hall–Kier alpha value is -0.650. The van der Waals surface area contributed by atoms with E-state index in [0.29, 0.717) is 24.4 Å². The van der Waals surface area contributed by atoms with E-state index in [0.717, 1.165) is 12.8 Å². The van der Waals surface area contributed by atoms with Crippen molar-refractivity contribution in [2.45, 2.75) is 63.4 Å². The molecule has 110 valence electrons. The maximum absolute atomic E-state index is 12.0. The van der Waals surface area contributed by atoms with Gasteiger partial charge in [0.1, 0.15) is 0 Å². The van der Waals surface area contributed by atoms with Gasteiger partial charge in [0.05, 0.1) is 6.04 Å². The van der Waals surface area contributed by atoms with Crippen LogP contribution in [-0.4, -0.2) is 44.5 Å². The molecular formula is C14H26N2O3. The smallest absolute Gasteiger partial charge is 0.220 e. The SMILES string of the molecule is COC(OC)C(C)NC(=O)CC1CC2CCC(C1)N2. The number of fused-ring (bicyclic) bond motifs is 2. The van der Waals surface area contributed by atoms with Crippen LogP contribution in [-0.2, 0) is 14.3 Å². The standard InChI is InChI=1S/C14H26N2O3/c1-9(14(18-2)19-3)15-13(17)8-10-6-11-4-5-12(7-10)16-11/h9-12,14,16H,4-8H2,1-3H3,(H,15,17). The molecule has 0 aromatic heterocycles. The van der Waals surface area contributed by atoms with Gasteiger partial charge in [-0.2, -0.15) is 0 Å². The van der Waals surface area contributed by atoms with Crippen molar-refractivity contribution in [1.29, 1.82) is 0 Å². The van der Waals surface area contributed by atoms with Crippen LogP contribution in [0.3, 0.4) is 0 Å². The first-order valence-electron chi connectivity index (χ1n) is 7.23. The second-order valence-electron chi connectivity index (χ2n) is 5.88. The average molecular weight is 270 g/mol. The third-order valence-electron chi connectivity index (χ3n) is 4.31. The zero-order chi connectivity index (χ0) is 13.8. The largest absolute Gasteiger partial charge is 0.354 e. The van der Waals surface area contributed by atoms with Crippen molar-refractivity contribution >= 4 is 5.91 Å². The Bertz CT molecular complexity index is 295. The van der Waals surface area contributed by atoms with E-state index in [2.05, 4.69) is 10.6 Å². The van der Waals surface area contributed by atoms with E-state index in [1.54, 1.807) is 14.2 Å². The monoisotopic (exact) mass is 270 g/mol. The number of amides is 1. The molecule has 2 saturated heterocycles. The summed E-state index contributed by atoms with van der Waals surface area (Å²) in [6.45, 7) is 1.90. The van der Waals surface area contributed by atoms with Crippen LogP contribution >= 0.6 is 0 Å². The Labute approximate surface area is 115 Å². The molecule has 2 rings (SSSR count). The Kier molecular flexibility index (Phi) is 5.19. The van der Waals surface area contributed by atoms with Crippen molar-refractivity contribution < 1.29 is 14.3 Å². The van der Waals surface area contributed by atoms with Crippen molar-refractivity contribution in [3.05, 3.63) is 0 Å². The summed E-state index contributed by atoms with van der Waals surface area (Å²) in [6, 6.07) is 1.15. The number of methoxy groups -OCH3 is 2. The van der Waals surface area contributed by atoms with Gasteiger partial charge in [-0.1, -0.05) is 0 Å². The van der Waals surface area contributed by atoms with Gasteiger partial charge in [0.2, 0.25) is 5.91 Å². The molecule has 1 amide bonds. The second-order valence-corrected chi connectivity index (χ2v) is 5.88. The molecule has 2 bridgehead atoms. The van der Waals surface area contributed by atoms with E-state index in [9.17, 15) is 4.79 Å². The Morgan fingerprint density at radius 2 is 1.84 bits per heavy atom. The first-order valence-corrected chi connectivity index (χ1v) is 7.23. The van der Waals surface area contributed by atoms with Gasteiger partial charge in [-0.25, -0.2) is 0 Å². The van der Waals surface area contributed by atoms with Gasteiger partial charge in [0.25, 0.3) is 0 Å². The Morgan fingerprint density at radius 3 is 2.37 bits per heavy atom. The fraction of sp³-hybridized carbons (Fsp3) is 0.929. The van der Waals surface area contributed by atoms with Gasteiger partial charge in [-0.05, 0) is 38.5 Å². The van der Waals surface area contributed by atoms with Gasteiger partial charge in [-0.15, -0.1) is 0 Å². The summed E-state index contributed by atoms with van der Waals surface area (Å²) >= 11 is 0. The first kappa shape index (κ1) is 14.8. The van der Waals surface area contributed by atoms with E-state index in [1.165, 1.54) is 12.8 Å². The number of piperidine rings is 1. The quantitative estimate of drug-likeness (QED) is 0.708. The van der Waals surface area contributed by atoms with Crippen LogP contribution in [0, 0.1) is 5.92 Å². The lowest BCUT2D eigenvalue weighted by Crippen LogP contribution is -2.45. The molecule has 2 aliphatic rings. The van der Waals surface area contributed by atoms with E-state index >= 15 is 0 Å². The number of hydrogen-bond donors (Lipinski definition) is 2. The van der Waals surface area contributed by atoms with Crippen molar-refractivity contribution in [2.75, 3.05) is 14.2 Å². The molecule has 0 aliphatic carbocycles. The van der Waals surface area contributed by atoms with Crippen molar-refractivity contribution in [2.24, 2.45) is 5.92 Å². The van der Waals surface area contributed by atoms with Crippen molar-refractivity contribution in [1.82, 2.24) is 10.6 Å². The molecule has 5 heteroatoms. The topological polar surface area (TPSA) is 59.6 Å². The lowest BCUT2D eigenvalue weighted by Gasteiger charge is -2.29. The van der Waals surface area contributed by atoms with Crippen LogP contribution in [0.4, 0.5) is 0 Å². The number of carbonyl (C=O) groups excluding carboxylic acids is 1. The summed E-state index contributed by atoms with van der Waals surface area (Å²) in [5.74, 6) is 0.632. The van der Waals surface area contributed by atoms with Crippen LogP contribution in [0.25, 0.3) is 0 Å². The lowest BCUT2D eigenvalue weighted by molar-refractivity contribution is -0.136. The van der Waals surface area contributed by atoms with E-state index < -0.39 is 0 Å². The van der Waals surface area contributed by atoms with Gasteiger partial charge < -0.3 is 20.1 Å². The molecule has 2 aliphatic heterocycles. The highest BCUT2D eigenvalue weighted by molar-refractivity contribution is 5.76. The third kappa shape index (κ3) is 3.91. The number of ether oxygens (including phenoxy) is 2. The lowest BCUT2D eigenvalue weighted by atomic mass is 9.89. The molecule has 2 fully saturated rings. The van der Waals surface area contributed by atoms with Gasteiger partial charge >= 0.3 is 0 Å². The average Bonchev–Trinajstić information content (AvgIpc) is 2.70. The Morgan fingerprint density at radius 1 is 1.26 bits per heavy atom. The highest BCUT2D eigenvalue weighted by atomic mass is 16.7. The molecule has 0 aromatic carbocycles. The minimum absolute atomic E-state index is 0.109. The predicted octanol–water partition coefficient (Wildman–Crippen LogP) is 1.03. The maximum Gasteiger partial charge on any atom is 0.220 e. The summed E-state index contributed by atoms with van der Waals surface area (Å²) in [6.07, 6.45) is 5.06. The molecule has 3 unspecified atom stereocenters. The van der Waals surface area contributed by atoms with E-state index in [1.807, 2.05) is 6.92 Å². The van der Waals surface area contributed by atoms with Crippen LogP contribution < -0.4 is 10.6 Å². The summed E-state index contributed by atoms with van der Waals surface area (Å²) in [7, 11) is 3.17. The molecule has 19 heavy (non-hydrogen) atoms. The summed E-state index contributed by atoms with van der Waals surface area (Å²) in [4.78, 5) is 12.0. The molecule has 0 aromatic rings. The highest BCUT2D eigenvalue weighted by Crippen LogP contribution is 2.32. The molecule has 0 radical (unpaired) electrons. The summed E-state index contributed by atoms with van der Waals surface area (Å²) < 4.78 is 10.3. The summed E-state index contributed by atoms with van der Waals surface area (Å²) in [5.41, 5.74) is 0. The fourth-order valence-electron chi connectivity index (χ4n) is 3.49. The first-order chi connectivity index (χ1) is 9.12. The number of rotatable bonds is 6. The van der Waals surface area contributed by atoms with Crippen molar-refractivity contribution in [3.8, 4) is 0 Å². The maximum atomic E-state index is 12.0. The molecular weight excluding hydrogens is 244 g/mol. The Balaban J connectivity index is 1.75. The van der Waals surface area contributed by atoms with E-state index in [4.69, 9.17) is 9.47 Å². The molecule has 2 N–H and O–H groups in total. The van der Waals surface area contributed by atoms with Gasteiger partial charge in [0, 0.05) is 32.7 Å². The minimum atomic E-state index is -0.381. The number of carbonyl (C=O) groups is 1. The van der Waals surface area contributed by atoms with Crippen LogP contribution in [0.15, 0.2) is 0 Å². The van der Waals surface area contributed by atoms with Gasteiger partial charge in [0.15, 0.2) is 6.29 Å². The van der Waals surface area contributed by atoms with Gasteiger partial charge in [-0.3, -0.25) is 4.79 Å². The molecule has 0 saturated carbocycles. The fourth-order valence-corrected chi connectivity index (χ4v) is 3.49. The summed E-state index contributed by atoms with van der Waals surface area (Å²) in [5, 5.41) is 6.57. The normalized spacial score (nSPS) is 31.5. The zero-order valence-electron chi connectivity index (χ0n) is 12.1. The zero-order valence-corrected chi connectivity index (χ0v) is 12.1. The van der Waals surface area contributed by atoms with Crippen LogP contribution in [0.2, 0.25) is 0 Å². The van der Waals surface area contributed by atoms with Crippen molar-refractivity contribution in [3.63, 3.8) is 0 Å².